The maximum Gasteiger partial charge on any atom is 0.123 e. The number of hydrogen-bond acceptors (Lipinski definition) is 1. The van der Waals surface area contributed by atoms with Crippen LogP contribution in [0.1, 0.15) is 43.5 Å². The summed E-state index contributed by atoms with van der Waals surface area (Å²) in [4.78, 5) is 0. The normalized spacial score (nSPS) is 13.3. The van der Waals surface area contributed by atoms with E-state index in [1.165, 1.54) is 17.7 Å². The fourth-order valence-electron chi connectivity index (χ4n) is 2.28. The van der Waals surface area contributed by atoms with Gasteiger partial charge in [-0.15, -0.1) is 0 Å². The molecule has 1 unspecified atom stereocenters. The van der Waals surface area contributed by atoms with Gasteiger partial charge in [0.25, 0.3) is 0 Å². The summed E-state index contributed by atoms with van der Waals surface area (Å²) in [5.41, 5.74) is 2.40. The predicted molar refractivity (Wildman–Crippen MR) is 87.8 cm³/mol. The van der Waals surface area contributed by atoms with Crippen LogP contribution in [0.2, 0.25) is 0 Å². The second-order valence-electron chi connectivity index (χ2n) is 4.81. The van der Waals surface area contributed by atoms with E-state index in [9.17, 15) is 4.39 Å². The fraction of sp³-hybridized carbons (Fsp3) is 0.294. The molecule has 2 rings (SSSR count). The molecule has 20 heavy (non-hydrogen) atoms. The van der Waals surface area contributed by atoms with Crippen molar-refractivity contribution in [2.45, 2.75) is 32.4 Å². The van der Waals surface area contributed by atoms with Crippen LogP contribution in [-0.2, 0) is 0 Å². The summed E-state index contributed by atoms with van der Waals surface area (Å²) in [5, 5.41) is 3.60. The van der Waals surface area contributed by atoms with E-state index in [1.807, 2.05) is 30.3 Å². The Morgan fingerprint density at radius 1 is 0.950 bits per heavy atom. The van der Waals surface area contributed by atoms with Gasteiger partial charge in [-0.25, -0.2) is 4.39 Å². The molecule has 0 amide bonds. The largest absolute Gasteiger partial charge is 0.303 e. The van der Waals surface area contributed by atoms with Gasteiger partial charge in [0.1, 0.15) is 5.82 Å². The highest BCUT2D eigenvalue weighted by atomic mass is 32.1. The summed E-state index contributed by atoms with van der Waals surface area (Å²) < 4.78 is 13.0. The molecule has 0 saturated heterocycles. The van der Waals surface area contributed by atoms with E-state index in [-0.39, 0.29) is 31.4 Å². The van der Waals surface area contributed by atoms with Crippen LogP contribution in [0, 0.1) is 5.82 Å². The predicted octanol–water partition coefficient (Wildman–Crippen LogP) is 4.74. The Labute approximate surface area is 127 Å². The van der Waals surface area contributed by atoms with E-state index in [1.54, 1.807) is 0 Å². The molecular weight excluding hydrogens is 269 g/mol. The first-order valence-electron chi connectivity index (χ1n) is 6.77. The molecule has 0 spiro atoms. The van der Waals surface area contributed by atoms with Gasteiger partial charge in [-0.3, -0.25) is 0 Å². The van der Waals surface area contributed by atoms with Crippen molar-refractivity contribution in [2.75, 3.05) is 0 Å². The van der Waals surface area contributed by atoms with Crippen LogP contribution in [0.4, 0.5) is 4.39 Å². The molecule has 2 aromatic rings. The Morgan fingerprint density at radius 3 is 2.10 bits per heavy atom. The Bertz CT molecular complexity index is 498. The van der Waals surface area contributed by atoms with E-state index < -0.39 is 0 Å². The zero-order chi connectivity index (χ0) is 13.7. The van der Waals surface area contributed by atoms with Crippen molar-refractivity contribution in [3.63, 3.8) is 0 Å². The van der Waals surface area contributed by atoms with Crippen LogP contribution in [0.25, 0.3) is 0 Å². The third-order valence-electron chi connectivity index (χ3n) is 3.43. The molecule has 108 valence electrons. The third-order valence-corrected chi connectivity index (χ3v) is 3.43. The van der Waals surface area contributed by atoms with E-state index in [0.29, 0.717) is 0 Å². The quantitative estimate of drug-likeness (QED) is 0.839. The minimum Gasteiger partial charge on any atom is -0.303 e. The molecule has 0 aliphatic heterocycles. The molecule has 0 heterocycles. The van der Waals surface area contributed by atoms with Gasteiger partial charge >= 0.3 is 0 Å². The zero-order valence-corrected chi connectivity index (χ0v) is 12.9. The molecule has 0 aromatic heterocycles. The maximum absolute atomic E-state index is 13.0. The van der Waals surface area contributed by atoms with Crippen molar-refractivity contribution in [3.8, 4) is 0 Å². The molecular formula is C17H22FNS. The van der Waals surface area contributed by atoms with Gasteiger partial charge in [0.2, 0.25) is 0 Å². The molecule has 0 radical (unpaired) electrons. The third kappa shape index (κ3) is 4.36. The minimum atomic E-state index is -0.185. The average molecular weight is 291 g/mol. The summed E-state index contributed by atoms with van der Waals surface area (Å²) in [6.45, 7) is 4.29. The van der Waals surface area contributed by atoms with E-state index in [2.05, 4.69) is 31.3 Å². The van der Waals surface area contributed by atoms with Crippen molar-refractivity contribution in [3.05, 3.63) is 71.5 Å². The smallest absolute Gasteiger partial charge is 0.123 e. The Morgan fingerprint density at radius 2 is 1.55 bits per heavy atom. The monoisotopic (exact) mass is 291 g/mol. The van der Waals surface area contributed by atoms with Gasteiger partial charge in [-0.05, 0) is 36.6 Å². The lowest BCUT2D eigenvalue weighted by Crippen LogP contribution is -2.24. The van der Waals surface area contributed by atoms with Crippen LogP contribution in [-0.4, -0.2) is 0 Å². The molecule has 0 bridgehead atoms. The standard InChI is InChI=1S/C17H20FN.H2S/c1-3-17(15-9-11-16(18)12-10-15)19-13(2)14-7-5-4-6-8-14;/h4-13,17,19H,3H2,1-2H3;1H2/t13-,17?;/m0./s1. The second-order valence-corrected chi connectivity index (χ2v) is 4.81. The van der Waals surface area contributed by atoms with Gasteiger partial charge in [-0.2, -0.15) is 13.5 Å². The Balaban J connectivity index is 0.00000200. The highest BCUT2D eigenvalue weighted by Crippen LogP contribution is 2.22. The molecule has 2 aromatic carbocycles. The fourth-order valence-corrected chi connectivity index (χ4v) is 2.28. The van der Waals surface area contributed by atoms with Crippen molar-refractivity contribution in [1.82, 2.24) is 5.32 Å². The molecule has 3 heteroatoms. The minimum absolute atomic E-state index is 0. The van der Waals surface area contributed by atoms with Crippen molar-refractivity contribution in [1.29, 1.82) is 0 Å². The molecule has 0 aliphatic carbocycles. The van der Waals surface area contributed by atoms with Crippen LogP contribution in [0.15, 0.2) is 54.6 Å². The van der Waals surface area contributed by atoms with Gasteiger partial charge in [0, 0.05) is 12.1 Å². The lowest BCUT2D eigenvalue weighted by Gasteiger charge is -2.23. The number of hydrogen-bond donors (Lipinski definition) is 1. The van der Waals surface area contributed by atoms with Crippen LogP contribution in [0.3, 0.4) is 0 Å². The zero-order valence-electron chi connectivity index (χ0n) is 11.9. The van der Waals surface area contributed by atoms with E-state index in [0.717, 1.165) is 12.0 Å². The number of halogens is 1. The van der Waals surface area contributed by atoms with Crippen LogP contribution >= 0.6 is 13.5 Å². The van der Waals surface area contributed by atoms with Crippen molar-refractivity contribution in [2.24, 2.45) is 0 Å². The van der Waals surface area contributed by atoms with E-state index in [4.69, 9.17) is 0 Å². The molecule has 0 aliphatic rings. The summed E-state index contributed by atoms with van der Waals surface area (Å²) in [6, 6.07) is 17.6. The van der Waals surface area contributed by atoms with Gasteiger partial charge in [-0.1, -0.05) is 49.4 Å². The lowest BCUT2D eigenvalue weighted by atomic mass is 10.0. The topological polar surface area (TPSA) is 12.0 Å². The van der Waals surface area contributed by atoms with Crippen LogP contribution < -0.4 is 5.32 Å². The Kier molecular flexibility index (Phi) is 6.76. The first-order chi connectivity index (χ1) is 9.20. The first kappa shape index (κ1) is 16.7. The average Bonchev–Trinajstić information content (AvgIpc) is 2.46. The number of nitrogens with one attached hydrogen (secondary N) is 1. The summed E-state index contributed by atoms with van der Waals surface area (Å²) >= 11 is 0. The van der Waals surface area contributed by atoms with E-state index >= 15 is 0 Å². The lowest BCUT2D eigenvalue weighted by molar-refractivity contribution is 0.456. The summed E-state index contributed by atoms with van der Waals surface area (Å²) in [6.07, 6.45) is 0.975. The second kappa shape index (κ2) is 8.08. The van der Waals surface area contributed by atoms with Crippen molar-refractivity contribution >= 4 is 13.5 Å². The van der Waals surface area contributed by atoms with Crippen molar-refractivity contribution < 1.29 is 4.39 Å². The van der Waals surface area contributed by atoms with Gasteiger partial charge in [0.05, 0.1) is 0 Å². The first-order valence-corrected chi connectivity index (χ1v) is 6.77. The highest BCUT2D eigenvalue weighted by molar-refractivity contribution is 7.59. The SMILES string of the molecule is CCC(N[C@@H](C)c1ccccc1)c1ccc(F)cc1.S. The number of rotatable bonds is 5. The molecule has 2 atom stereocenters. The number of benzene rings is 2. The summed E-state index contributed by atoms with van der Waals surface area (Å²) in [5.74, 6) is -0.185. The molecule has 0 fully saturated rings. The Hall–Kier alpha value is -1.32. The summed E-state index contributed by atoms with van der Waals surface area (Å²) in [7, 11) is 0. The maximum atomic E-state index is 13.0. The van der Waals surface area contributed by atoms with Crippen LogP contribution in [0.5, 0.6) is 0 Å². The van der Waals surface area contributed by atoms with Gasteiger partial charge in [0.15, 0.2) is 0 Å². The molecule has 0 saturated carbocycles. The highest BCUT2D eigenvalue weighted by Gasteiger charge is 2.13. The van der Waals surface area contributed by atoms with Gasteiger partial charge < -0.3 is 5.32 Å². The molecule has 1 N–H and O–H groups in total. The molecule has 1 nitrogen and oxygen atoms in total.